The van der Waals surface area contributed by atoms with Crippen molar-refractivity contribution in [2.75, 3.05) is 6.54 Å². The molecule has 3 nitrogen and oxygen atoms in total. The smallest absolute Gasteiger partial charge is 0.219 e. The highest BCUT2D eigenvalue weighted by molar-refractivity contribution is 7.99. The van der Waals surface area contributed by atoms with Gasteiger partial charge in [0.1, 0.15) is 0 Å². The molecule has 0 bridgehead atoms. The van der Waals surface area contributed by atoms with E-state index in [-0.39, 0.29) is 11.9 Å². The Bertz CT molecular complexity index is 416. The summed E-state index contributed by atoms with van der Waals surface area (Å²) < 4.78 is 0. The highest BCUT2D eigenvalue weighted by Crippen LogP contribution is 2.32. The van der Waals surface area contributed by atoms with Crippen LogP contribution in [0, 0.1) is 0 Å². The molecule has 1 fully saturated rings. The van der Waals surface area contributed by atoms with Crippen LogP contribution in [0.15, 0.2) is 23.4 Å². The number of thioether (sulfide) groups is 1. The molecule has 18 heavy (non-hydrogen) atoms. The van der Waals surface area contributed by atoms with Crippen molar-refractivity contribution in [1.29, 1.82) is 0 Å². The number of pyridine rings is 1. The molecule has 1 aromatic rings. The molecule has 0 aromatic carbocycles. The molecular weight excluding hydrogens is 244 g/mol. The number of hydrogen-bond acceptors (Lipinski definition) is 3. The topological polar surface area (TPSA) is 33.2 Å². The lowest BCUT2D eigenvalue weighted by atomic mass is 10.1. The molecule has 0 unspecified atom stereocenters. The summed E-state index contributed by atoms with van der Waals surface area (Å²) in [6.45, 7) is 6.85. The predicted octanol–water partition coefficient (Wildman–Crippen LogP) is 3.27. The van der Waals surface area contributed by atoms with Crippen LogP contribution >= 0.6 is 11.8 Å². The Balaban J connectivity index is 2.11. The van der Waals surface area contributed by atoms with Gasteiger partial charge in [-0.15, -0.1) is 11.8 Å². The molecule has 1 aromatic heterocycles. The second-order valence-electron chi connectivity index (χ2n) is 4.97. The zero-order valence-corrected chi connectivity index (χ0v) is 12.0. The fourth-order valence-electron chi connectivity index (χ4n) is 2.39. The van der Waals surface area contributed by atoms with Crippen LogP contribution < -0.4 is 0 Å². The standard InChI is InChI=1S/C14H20N2OS/c1-10(2)18-14-7-6-12(9-15-14)13-5-4-8-16(13)11(3)17/h6-7,9-10,13H,4-5,8H2,1-3H3/t13-/m1/s1. The molecule has 0 N–H and O–H groups in total. The van der Waals surface area contributed by atoms with Gasteiger partial charge in [0.05, 0.1) is 11.1 Å². The Labute approximate surface area is 113 Å². The Morgan fingerprint density at radius 2 is 2.28 bits per heavy atom. The van der Waals surface area contributed by atoms with Gasteiger partial charge < -0.3 is 4.90 Å². The molecule has 2 rings (SSSR count). The van der Waals surface area contributed by atoms with Crippen LogP contribution in [-0.2, 0) is 4.79 Å². The molecule has 1 atom stereocenters. The average Bonchev–Trinajstić information content (AvgIpc) is 2.78. The van der Waals surface area contributed by atoms with Gasteiger partial charge in [0.25, 0.3) is 0 Å². The zero-order chi connectivity index (χ0) is 13.1. The van der Waals surface area contributed by atoms with Crippen LogP contribution in [-0.4, -0.2) is 27.6 Å². The molecule has 4 heteroatoms. The van der Waals surface area contributed by atoms with Gasteiger partial charge in [-0.25, -0.2) is 4.98 Å². The van der Waals surface area contributed by atoms with Gasteiger partial charge in [0.15, 0.2) is 0 Å². The lowest BCUT2D eigenvalue weighted by Gasteiger charge is -2.23. The second kappa shape index (κ2) is 5.74. The highest BCUT2D eigenvalue weighted by Gasteiger charge is 2.27. The maximum Gasteiger partial charge on any atom is 0.219 e. The maximum atomic E-state index is 11.5. The van der Waals surface area contributed by atoms with Crippen LogP contribution in [0.2, 0.25) is 0 Å². The molecule has 1 amide bonds. The van der Waals surface area contributed by atoms with E-state index in [4.69, 9.17) is 0 Å². The highest BCUT2D eigenvalue weighted by atomic mass is 32.2. The fourth-order valence-corrected chi connectivity index (χ4v) is 3.13. The van der Waals surface area contributed by atoms with E-state index < -0.39 is 0 Å². The number of rotatable bonds is 3. The first-order chi connectivity index (χ1) is 8.58. The molecule has 1 aliphatic rings. The third-order valence-electron chi connectivity index (χ3n) is 3.16. The summed E-state index contributed by atoms with van der Waals surface area (Å²) in [5.41, 5.74) is 1.16. The third kappa shape index (κ3) is 3.05. The van der Waals surface area contributed by atoms with Crippen molar-refractivity contribution in [2.45, 2.75) is 49.9 Å². The Morgan fingerprint density at radius 1 is 1.50 bits per heavy atom. The van der Waals surface area contributed by atoms with Crippen molar-refractivity contribution in [3.05, 3.63) is 23.9 Å². The van der Waals surface area contributed by atoms with Crippen molar-refractivity contribution in [3.63, 3.8) is 0 Å². The van der Waals surface area contributed by atoms with E-state index in [0.717, 1.165) is 30.0 Å². The number of amides is 1. The first kappa shape index (κ1) is 13.4. The first-order valence-corrected chi connectivity index (χ1v) is 7.35. The Hall–Kier alpha value is -1.03. The summed E-state index contributed by atoms with van der Waals surface area (Å²) in [6, 6.07) is 4.41. The molecule has 0 saturated carbocycles. The monoisotopic (exact) mass is 264 g/mol. The minimum absolute atomic E-state index is 0.165. The normalized spacial score (nSPS) is 19.6. The van der Waals surface area contributed by atoms with E-state index in [0.29, 0.717) is 5.25 Å². The number of carbonyl (C=O) groups is 1. The van der Waals surface area contributed by atoms with Crippen LogP contribution in [0.1, 0.15) is 45.2 Å². The fraction of sp³-hybridized carbons (Fsp3) is 0.571. The van der Waals surface area contributed by atoms with Crippen molar-refractivity contribution < 1.29 is 4.79 Å². The van der Waals surface area contributed by atoms with Gasteiger partial charge in [-0.1, -0.05) is 19.9 Å². The van der Waals surface area contributed by atoms with Crippen LogP contribution in [0.4, 0.5) is 0 Å². The molecule has 0 aliphatic carbocycles. The van der Waals surface area contributed by atoms with Gasteiger partial charge in [0.2, 0.25) is 5.91 Å². The Kier molecular flexibility index (Phi) is 4.27. The van der Waals surface area contributed by atoms with Crippen LogP contribution in [0.25, 0.3) is 0 Å². The van der Waals surface area contributed by atoms with Gasteiger partial charge >= 0.3 is 0 Å². The molecule has 2 heterocycles. The van der Waals surface area contributed by atoms with Gasteiger partial charge in [-0.3, -0.25) is 4.79 Å². The summed E-state index contributed by atoms with van der Waals surface area (Å²) in [4.78, 5) is 18.0. The van der Waals surface area contributed by atoms with Gasteiger partial charge in [-0.2, -0.15) is 0 Å². The third-order valence-corrected chi connectivity index (χ3v) is 4.11. The van der Waals surface area contributed by atoms with Crippen LogP contribution in [0.3, 0.4) is 0 Å². The first-order valence-electron chi connectivity index (χ1n) is 6.47. The molecule has 0 radical (unpaired) electrons. The van der Waals surface area contributed by atoms with Crippen molar-refractivity contribution in [2.24, 2.45) is 0 Å². The lowest BCUT2D eigenvalue weighted by Crippen LogP contribution is -2.28. The van der Waals surface area contributed by atoms with E-state index in [1.165, 1.54) is 0 Å². The second-order valence-corrected chi connectivity index (χ2v) is 6.56. The number of hydrogen-bond donors (Lipinski definition) is 0. The average molecular weight is 264 g/mol. The summed E-state index contributed by atoms with van der Waals surface area (Å²) >= 11 is 1.77. The van der Waals surface area contributed by atoms with E-state index in [9.17, 15) is 4.79 Å². The quantitative estimate of drug-likeness (QED) is 0.786. The molecule has 98 valence electrons. The van der Waals surface area contributed by atoms with Crippen molar-refractivity contribution >= 4 is 17.7 Å². The minimum atomic E-state index is 0.165. The van der Waals surface area contributed by atoms with E-state index >= 15 is 0 Å². The molecular formula is C14H20N2OS. The van der Waals surface area contributed by atoms with Crippen molar-refractivity contribution in [1.82, 2.24) is 9.88 Å². The Morgan fingerprint density at radius 3 is 2.83 bits per heavy atom. The summed E-state index contributed by atoms with van der Waals surface area (Å²) in [7, 11) is 0. The van der Waals surface area contributed by atoms with E-state index in [1.807, 2.05) is 11.1 Å². The largest absolute Gasteiger partial charge is 0.336 e. The van der Waals surface area contributed by atoms with Gasteiger partial charge in [0, 0.05) is 24.9 Å². The number of likely N-dealkylation sites (tertiary alicyclic amines) is 1. The minimum Gasteiger partial charge on any atom is -0.336 e. The van der Waals surface area contributed by atoms with Gasteiger partial charge in [-0.05, 0) is 24.5 Å². The summed E-state index contributed by atoms with van der Waals surface area (Å²) in [5, 5.41) is 1.60. The maximum absolute atomic E-state index is 11.5. The predicted molar refractivity (Wildman–Crippen MR) is 74.6 cm³/mol. The summed E-state index contributed by atoms with van der Waals surface area (Å²) in [5.74, 6) is 0.165. The summed E-state index contributed by atoms with van der Waals surface area (Å²) in [6.07, 6.45) is 4.07. The van der Waals surface area contributed by atoms with E-state index in [1.54, 1.807) is 18.7 Å². The zero-order valence-electron chi connectivity index (χ0n) is 11.2. The number of nitrogens with zero attached hydrogens (tertiary/aromatic N) is 2. The number of aromatic nitrogens is 1. The molecule has 1 saturated heterocycles. The SMILES string of the molecule is CC(=O)N1CCC[C@@H]1c1ccc(SC(C)C)nc1. The van der Waals surface area contributed by atoms with E-state index in [2.05, 4.69) is 31.0 Å². The van der Waals surface area contributed by atoms with Crippen LogP contribution in [0.5, 0.6) is 0 Å². The molecule has 1 aliphatic heterocycles. The molecule has 0 spiro atoms. The number of carbonyl (C=O) groups excluding carboxylic acids is 1. The lowest BCUT2D eigenvalue weighted by molar-refractivity contribution is -0.129. The van der Waals surface area contributed by atoms with Crippen molar-refractivity contribution in [3.8, 4) is 0 Å².